The van der Waals surface area contributed by atoms with Crippen molar-refractivity contribution in [3.8, 4) is 11.8 Å². The number of hydrogen-bond donors (Lipinski definition) is 1. The molecule has 1 aromatic carbocycles. The Morgan fingerprint density at radius 3 is 2.76 bits per heavy atom. The third-order valence-electron chi connectivity index (χ3n) is 4.20. The van der Waals surface area contributed by atoms with Crippen LogP contribution in [-0.2, 0) is 6.54 Å². The van der Waals surface area contributed by atoms with Crippen LogP contribution in [0, 0.1) is 23.6 Å². The highest BCUT2D eigenvalue weighted by atomic mass is 19.1. The number of likely N-dealkylation sites (tertiary alicyclic amines) is 1. The molecule has 1 saturated heterocycles. The fourth-order valence-electron chi connectivity index (χ4n) is 3.03. The van der Waals surface area contributed by atoms with Gasteiger partial charge in [0.1, 0.15) is 5.82 Å². The van der Waals surface area contributed by atoms with Gasteiger partial charge in [-0.05, 0) is 49.5 Å². The molecule has 1 aliphatic heterocycles. The topological polar surface area (TPSA) is 29.3 Å². The van der Waals surface area contributed by atoms with Crippen LogP contribution in [0.3, 0.4) is 0 Å². The molecule has 0 atom stereocenters. The Kier molecular flexibility index (Phi) is 6.22. The molecule has 1 aromatic rings. The van der Waals surface area contributed by atoms with E-state index in [1.807, 2.05) is 6.07 Å². The summed E-state index contributed by atoms with van der Waals surface area (Å²) in [5.74, 6) is 6.47. The van der Waals surface area contributed by atoms with Gasteiger partial charge in [0.15, 0.2) is 0 Å². The summed E-state index contributed by atoms with van der Waals surface area (Å²) < 4.78 is 13.4. The molecule has 0 aliphatic carbocycles. The van der Waals surface area contributed by atoms with Crippen LogP contribution in [0.1, 0.15) is 43.7 Å². The van der Waals surface area contributed by atoms with Gasteiger partial charge in [0, 0.05) is 12.1 Å². The van der Waals surface area contributed by atoms with E-state index in [9.17, 15) is 4.39 Å². The molecule has 0 amide bonds. The molecule has 0 bridgehead atoms. The first kappa shape index (κ1) is 16.0. The number of nitrogens with zero attached hydrogens (tertiary/aromatic N) is 1. The maximum atomic E-state index is 13.4. The minimum absolute atomic E-state index is 0.235. The number of hydrogen-bond acceptors (Lipinski definition) is 2. The predicted molar refractivity (Wildman–Crippen MR) is 85.2 cm³/mol. The van der Waals surface area contributed by atoms with Crippen molar-refractivity contribution in [1.29, 1.82) is 0 Å². The SMILES string of the molecule is CCCC1CCN(Cc2ccc(F)cc2C#CCN)CC1. The monoisotopic (exact) mass is 288 g/mol. The summed E-state index contributed by atoms with van der Waals surface area (Å²) in [5, 5.41) is 0. The van der Waals surface area contributed by atoms with Gasteiger partial charge in [-0.25, -0.2) is 4.39 Å². The van der Waals surface area contributed by atoms with Gasteiger partial charge in [0.25, 0.3) is 0 Å². The van der Waals surface area contributed by atoms with E-state index < -0.39 is 0 Å². The fourth-order valence-corrected chi connectivity index (χ4v) is 3.03. The highest BCUT2D eigenvalue weighted by molar-refractivity contribution is 5.41. The summed E-state index contributed by atoms with van der Waals surface area (Å²) >= 11 is 0. The molecule has 2 N–H and O–H groups in total. The van der Waals surface area contributed by atoms with Crippen LogP contribution in [0.2, 0.25) is 0 Å². The molecule has 21 heavy (non-hydrogen) atoms. The number of benzene rings is 1. The van der Waals surface area contributed by atoms with Crippen LogP contribution in [-0.4, -0.2) is 24.5 Å². The van der Waals surface area contributed by atoms with Crippen molar-refractivity contribution in [2.24, 2.45) is 11.7 Å². The lowest BCUT2D eigenvalue weighted by Crippen LogP contribution is -2.33. The maximum Gasteiger partial charge on any atom is 0.124 e. The quantitative estimate of drug-likeness (QED) is 0.862. The van der Waals surface area contributed by atoms with Gasteiger partial charge >= 0.3 is 0 Å². The van der Waals surface area contributed by atoms with Crippen molar-refractivity contribution in [2.45, 2.75) is 39.2 Å². The normalized spacial score (nSPS) is 16.5. The molecule has 1 fully saturated rings. The Balaban J connectivity index is 2.00. The molecule has 0 spiro atoms. The third-order valence-corrected chi connectivity index (χ3v) is 4.20. The second kappa shape index (κ2) is 8.17. The largest absolute Gasteiger partial charge is 0.320 e. The van der Waals surface area contributed by atoms with E-state index in [0.29, 0.717) is 6.54 Å². The Morgan fingerprint density at radius 1 is 1.33 bits per heavy atom. The molecule has 0 unspecified atom stereocenters. The van der Waals surface area contributed by atoms with Crippen molar-refractivity contribution in [1.82, 2.24) is 4.90 Å². The van der Waals surface area contributed by atoms with Crippen molar-refractivity contribution in [3.05, 3.63) is 35.1 Å². The summed E-state index contributed by atoms with van der Waals surface area (Å²) in [6.07, 6.45) is 5.18. The van der Waals surface area contributed by atoms with Crippen LogP contribution in [0.25, 0.3) is 0 Å². The predicted octanol–water partition coefficient (Wildman–Crippen LogP) is 3.15. The molecular weight excluding hydrogens is 263 g/mol. The first-order valence-corrected chi connectivity index (χ1v) is 7.92. The number of piperidine rings is 1. The number of rotatable bonds is 4. The van der Waals surface area contributed by atoms with Crippen molar-refractivity contribution in [3.63, 3.8) is 0 Å². The lowest BCUT2D eigenvalue weighted by molar-refractivity contribution is 0.171. The lowest BCUT2D eigenvalue weighted by Gasteiger charge is -2.32. The summed E-state index contributed by atoms with van der Waals surface area (Å²) in [6, 6.07) is 4.89. The van der Waals surface area contributed by atoms with Crippen LogP contribution in [0.5, 0.6) is 0 Å². The van der Waals surface area contributed by atoms with Gasteiger partial charge < -0.3 is 5.73 Å². The fraction of sp³-hybridized carbons (Fsp3) is 0.556. The average Bonchev–Trinajstić information content (AvgIpc) is 2.49. The van der Waals surface area contributed by atoms with E-state index in [1.165, 1.54) is 37.8 Å². The van der Waals surface area contributed by atoms with Crippen LogP contribution >= 0.6 is 0 Å². The molecule has 114 valence electrons. The average molecular weight is 288 g/mol. The van der Waals surface area contributed by atoms with Crippen molar-refractivity contribution < 1.29 is 4.39 Å². The molecule has 1 heterocycles. The molecule has 0 aromatic heterocycles. The van der Waals surface area contributed by atoms with Gasteiger partial charge in [-0.1, -0.05) is 37.7 Å². The summed E-state index contributed by atoms with van der Waals surface area (Å²) in [4.78, 5) is 2.45. The first-order valence-electron chi connectivity index (χ1n) is 7.92. The van der Waals surface area contributed by atoms with E-state index >= 15 is 0 Å². The van der Waals surface area contributed by atoms with Gasteiger partial charge in [0.2, 0.25) is 0 Å². The summed E-state index contributed by atoms with van der Waals surface area (Å²) in [7, 11) is 0. The van der Waals surface area contributed by atoms with Crippen molar-refractivity contribution in [2.75, 3.05) is 19.6 Å². The zero-order chi connectivity index (χ0) is 15.1. The third kappa shape index (κ3) is 4.84. The Morgan fingerprint density at radius 2 is 2.10 bits per heavy atom. The van der Waals surface area contributed by atoms with Gasteiger partial charge in [-0.15, -0.1) is 0 Å². The number of halogens is 1. The maximum absolute atomic E-state index is 13.4. The molecular formula is C18H25FN2. The van der Waals surface area contributed by atoms with E-state index in [2.05, 4.69) is 23.7 Å². The molecule has 0 saturated carbocycles. The first-order chi connectivity index (χ1) is 10.2. The molecule has 2 nitrogen and oxygen atoms in total. The zero-order valence-electron chi connectivity index (χ0n) is 12.9. The van der Waals surface area contributed by atoms with Gasteiger partial charge in [-0.2, -0.15) is 0 Å². The number of nitrogens with two attached hydrogens (primary N) is 1. The van der Waals surface area contributed by atoms with Crippen LogP contribution < -0.4 is 5.73 Å². The van der Waals surface area contributed by atoms with E-state index in [0.717, 1.165) is 36.7 Å². The highest BCUT2D eigenvalue weighted by Gasteiger charge is 2.19. The minimum Gasteiger partial charge on any atom is -0.320 e. The molecule has 0 radical (unpaired) electrons. The second-order valence-electron chi connectivity index (χ2n) is 5.82. The van der Waals surface area contributed by atoms with E-state index in [1.54, 1.807) is 0 Å². The molecule has 1 aliphatic rings. The van der Waals surface area contributed by atoms with Crippen LogP contribution in [0.4, 0.5) is 4.39 Å². The minimum atomic E-state index is -0.235. The van der Waals surface area contributed by atoms with E-state index in [-0.39, 0.29) is 5.82 Å². The summed E-state index contributed by atoms with van der Waals surface area (Å²) in [5.41, 5.74) is 7.29. The van der Waals surface area contributed by atoms with E-state index in [4.69, 9.17) is 5.73 Å². The Labute approximate surface area is 127 Å². The molecule has 3 heteroatoms. The highest BCUT2D eigenvalue weighted by Crippen LogP contribution is 2.23. The lowest BCUT2D eigenvalue weighted by atomic mass is 9.92. The smallest absolute Gasteiger partial charge is 0.124 e. The second-order valence-corrected chi connectivity index (χ2v) is 5.82. The Bertz CT molecular complexity index is 508. The van der Waals surface area contributed by atoms with Crippen LogP contribution in [0.15, 0.2) is 18.2 Å². The molecule has 2 rings (SSSR count). The standard InChI is InChI=1S/C18H25FN2/c1-2-4-15-8-11-21(12-9-15)14-17-6-7-18(19)13-16(17)5-3-10-20/h6-7,13,15H,2,4,8-12,14,20H2,1H3. The Hall–Kier alpha value is -1.37. The summed E-state index contributed by atoms with van der Waals surface area (Å²) in [6.45, 7) is 5.68. The van der Waals surface area contributed by atoms with Gasteiger partial charge in [-0.3, -0.25) is 4.90 Å². The van der Waals surface area contributed by atoms with Crippen molar-refractivity contribution >= 4 is 0 Å². The van der Waals surface area contributed by atoms with Gasteiger partial charge in [0.05, 0.1) is 6.54 Å². The zero-order valence-corrected chi connectivity index (χ0v) is 12.9.